The molecule has 0 unspecified atom stereocenters. The lowest BCUT2D eigenvalue weighted by molar-refractivity contribution is 0.119. The minimum absolute atomic E-state index is 0.0289. The maximum atomic E-state index is 5.81. The van der Waals surface area contributed by atoms with Gasteiger partial charge in [-0.15, -0.1) is 0 Å². The number of ether oxygens (including phenoxy) is 1. The molecule has 0 aliphatic rings. The first-order valence-corrected chi connectivity index (χ1v) is 4.38. The Balaban J connectivity index is 3.00. The maximum absolute atomic E-state index is 5.81. The van der Waals surface area contributed by atoms with Gasteiger partial charge in [-0.25, -0.2) is 0 Å². The summed E-state index contributed by atoms with van der Waals surface area (Å²) in [6, 6.07) is 5.40. The Morgan fingerprint density at radius 2 is 1.67 bits per heavy atom. The first kappa shape index (κ1) is 9.85. The number of rotatable bonds is 2. The molecule has 1 rings (SSSR count). The van der Waals surface area contributed by atoms with Gasteiger partial charge in [0.1, 0.15) is 0 Å². The molecule has 66 valence electrons. The Bertz CT molecular complexity index is 253. The summed E-state index contributed by atoms with van der Waals surface area (Å²) in [7, 11) is 1.65. The van der Waals surface area contributed by atoms with E-state index < -0.39 is 0 Å². The van der Waals surface area contributed by atoms with Crippen LogP contribution < -0.4 is 0 Å². The van der Waals surface area contributed by atoms with E-state index in [0.29, 0.717) is 10.0 Å². The molecule has 1 nitrogen and oxygen atoms in total. The van der Waals surface area contributed by atoms with Crippen molar-refractivity contribution in [2.45, 2.75) is 13.0 Å². The normalized spacial score (nSPS) is 13.0. The van der Waals surface area contributed by atoms with Crippen LogP contribution in [0.4, 0.5) is 0 Å². The van der Waals surface area contributed by atoms with E-state index in [1.165, 1.54) is 0 Å². The van der Waals surface area contributed by atoms with Crippen LogP contribution in [0.3, 0.4) is 0 Å². The van der Waals surface area contributed by atoms with Gasteiger partial charge in [-0.3, -0.25) is 0 Å². The molecule has 0 saturated carbocycles. The Kier molecular flexibility index (Phi) is 3.39. The van der Waals surface area contributed by atoms with Crippen LogP contribution in [0, 0.1) is 0 Å². The average Bonchev–Trinajstić information content (AvgIpc) is 2.01. The average molecular weight is 205 g/mol. The highest BCUT2D eigenvalue weighted by molar-refractivity contribution is 6.34. The fourth-order valence-electron chi connectivity index (χ4n) is 0.946. The summed E-state index contributed by atoms with van der Waals surface area (Å²) in [5.74, 6) is 0. The number of halogens is 2. The summed E-state index contributed by atoms with van der Waals surface area (Å²) in [5, 5.41) is 1.28. The summed E-state index contributed by atoms with van der Waals surface area (Å²) in [6.45, 7) is 1.95. The van der Waals surface area contributed by atoms with Gasteiger partial charge in [0.2, 0.25) is 0 Å². The van der Waals surface area contributed by atoms with Crippen LogP contribution in [0.1, 0.15) is 18.6 Å². The summed E-state index contributed by atoms with van der Waals surface area (Å²) < 4.78 is 5.13. The maximum Gasteiger partial charge on any atom is 0.0794 e. The number of hydrogen-bond acceptors (Lipinski definition) is 1. The van der Waals surface area contributed by atoms with Gasteiger partial charge in [-0.2, -0.15) is 0 Å². The van der Waals surface area contributed by atoms with E-state index in [4.69, 9.17) is 27.9 Å². The van der Waals surface area contributed by atoms with Crippen LogP contribution in [-0.2, 0) is 4.74 Å². The van der Waals surface area contributed by atoms with Crippen molar-refractivity contribution in [3.63, 3.8) is 0 Å². The van der Waals surface area contributed by atoms with E-state index in [1.54, 1.807) is 13.2 Å². The molecule has 0 aliphatic carbocycles. The molecule has 1 aromatic rings. The van der Waals surface area contributed by atoms with Crippen LogP contribution in [0.5, 0.6) is 0 Å². The van der Waals surface area contributed by atoms with Crippen molar-refractivity contribution < 1.29 is 4.74 Å². The van der Waals surface area contributed by atoms with E-state index in [9.17, 15) is 0 Å². The number of hydrogen-bond donors (Lipinski definition) is 0. The molecule has 0 bridgehead atoms. The Morgan fingerprint density at radius 1 is 1.17 bits per heavy atom. The molecule has 1 aromatic carbocycles. The van der Waals surface area contributed by atoms with Gasteiger partial charge < -0.3 is 4.74 Å². The summed E-state index contributed by atoms with van der Waals surface area (Å²) >= 11 is 11.6. The second-order valence-electron chi connectivity index (χ2n) is 2.58. The van der Waals surface area contributed by atoms with Crippen molar-refractivity contribution in [1.29, 1.82) is 0 Å². The minimum Gasteiger partial charge on any atom is -0.377 e. The van der Waals surface area contributed by atoms with Crippen LogP contribution >= 0.6 is 23.2 Å². The standard InChI is InChI=1S/C9H10Cl2O/c1-6(12-2)7-3-8(10)5-9(11)4-7/h3-6H,1-2H3/t6-/m1/s1. The Morgan fingerprint density at radius 3 is 2.08 bits per heavy atom. The zero-order valence-corrected chi connectivity index (χ0v) is 8.49. The van der Waals surface area contributed by atoms with Crippen molar-refractivity contribution >= 4 is 23.2 Å². The predicted octanol–water partition coefficient (Wildman–Crippen LogP) is 3.70. The van der Waals surface area contributed by atoms with Gasteiger partial charge in [0.15, 0.2) is 0 Å². The molecule has 0 aromatic heterocycles. The van der Waals surface area contributed by atoms with E-state index in [1.807, 2.05) is 19.1 Å². The largest absolute Gasteiger partial charge is 0.377 e. The van der Waals surface area contributed by atoms with Crippen LogP contribution in [0.25, 0.3) is 0 Å². The molecule has 0 saturated heterocycles. The predicted molar refractivity (Wildman–Crippen MR) is 51.9 cm³/mol. The van der Waals surface area contributed by atoms with Gasteiger partial charge in [0.25, 0.3) is 0 Å². The van der Waals surface area contributed by atoms with Crippen molar-refractivity contribution in [1.82, 2.24) is 0 Å². The van der Waals surface area contributed by atoms with Crippen molar-refractivity contribution in [3.05, 3.63) is 33.8 Å². The third kappa shape index (κ3) is 2.37. The van der Waals surface area contributed by atoms with E-state index in [0.717, 1.165) is 5.56 Å². The van der Waals surface area contributed by atoms with E-state index in [2.05, 4.69) is 0 Å². The van der Waals surface area contributed by atoms with Gasteiger partial charge in [0.05, 0.1) is 6.10 Å². The SMILES string of the molecule is CO[C@H](C)c1cc(Cl)cc(Cl)c1. The lowest BCUT2D eigenvalue weighted by Gasteiger charge is -2.10. The lowest BCUT2D eigenvalue weighted by Crippen LogP contribution is -1.95. The second-order valence-corrected chi connectivity index (χ2v) is 3.45. The molecule has 0 heterocycles. The molecule has 0 fully saturated rings. The monoisotopic (exact) mass is 204 g/mol. The summed E-state index contributed by atoms with van der Waals surface area (Å²) in [5.41, 5.74) is 0.995. The highest BCUT2D eigenvalue weighted by atomic mass is 35.5. The Hall–Kier alpha value is -0.240. The minimum atomic E-state index is 0.0289. The second kappa shape index (κ2) is 4.13. The van der Waals surface area contributed by atoms with Crippen molar-refractivity contribution in [3.8, 4) is 0 Å². The fourth-order valence-corrected chi connectivity index (χ4v) is 1.49. The Labute approximate surface area is 82.2 Å². The van der Waals surface area contributed by atoms with Gasteiger partial charge >= 0.3 is 0 Å². The molecule has 0 radical (unpaired) electrons. The number of methoxy groups -OCH3 is 1. The van der Waals surface area contributed by atoms with Crippen LogP contribution in [0.2, 0.25) is 10.0 Å². The summed E-state index contributed by atoms with van der Waals surface area (Å²) in [6.07, 6.45) is 0.0289. The van der Waals surface area contributed by atoms with Gasteiger partial charge in [-0.1, -0.05) is 23.2 Å². The molecule has 0 aliphatic heterocycles. The smallest absolute Gasteiger partial charge is 0.0794 e. The molecule has 0 amide bonds. The van der Waals surface area contributed by atoms with Gasteiger partial charge in [-0.05, 0) is 30.7 Å². The van der Waals surface area contributed by atoms with Crippen LogP contribution in [0.15, 0.2) is 18.2 Å². The fraction of sp³-hybridized carbons (Fsp3) is 0.333. The molecule has 0 N–H and O–H groups in total. The zero-order valence-electron chi connectivity index (χ0n) is 6.97. The number of benzene rings is 1. The molecular weight excluding hydrogens is 195 g/mol. The molecule has 0 spiro atoms. The van der Waals surface area contributed by atoms with Crippen molar-refractivity contribution in [2.24, 2.45) is 0 Å². The van der Waals surface area contributed by atoms with Gasteiger partial charge in [0, 0.05) is 17.2 Å². The lowest BCUT2D eigenvalue weighted by atomic mass is 10.1. The third-order valence-corrected chi connectivity index (χ3v) is 2.14. The quantitative estimate of drug-likeness (QED) is 0.715. The molecule has 1 atom stereocenters. The first-order chi connectivity index (χ1) is 5.63. The highest BCUT2D eigenvalue weighted by Gasteiger charge is 2.05. The highest BCUT2D eigenvalue weighted by Crippen LogP contribution is 2.24. The first-order valence-electron chi connectivity index (χ1n) is 3.62. The van der Waals surface area contributed by atoms with E-state index in [-0.39, 0.29) is 6.10 Å². The molecule has 3 heteroatoms. The molecular formula is C9H10Cl2O. The topological polar surface area (TPSA) is 9.23 Å². The van der Waals surface area contributed by atoms with Crippen LogP contribution in [-0.4, -0.2) is 7.11 Å². The molecule has 12 heavy (non-hydrogen) atoms. The zero-order chi connectivity index (χ0) is 9.14. The summed E-state index contributed by atoms with van der Waals surface area (Å²) in [4.78, 5) is 0. The van der Waals surface area contributed by atoms with Crippen molar-refractivity contribution in [2.75, 3.05) is 7.11 Å². The van der Waals surface area contributed by atoms with E-state index >= 15 is 0 Å². The third-order valence-electron chi connectivity index (χ3n) is 1.71.